The quantitative estimate of drug-likeness (QED) is 0.662. The van der Waals surface area contributed by atoms with E-state index in [0.29, 0.717) is 11.3 Å². The van der Waals surface area contributed by atoms with Crippen molar-refractivity contribution in [2.75, 3.05) is 17.8 Å². The Kier molecular flexibility index (Phi) is 1.86. The maximum atomic E-state index is 12.1. The Morgan fingerprint density at radius 3 is 2.76 bits per heavy atom. The molecule has 6 nitrogen and oxygen atoms in total. The van der Waals surface area contributed by atoms with Gasteiger partial charge in [0, 0.05) is 7.05 Å². The van der Waals surface area contributed by atoms with Crippen LogP contribution in [-0.2, 0) is 10.0 Å². The Balaban J connectivity index is 2.23. The zero-order valence-corrected chi connectivity index (χ0v) is 9.81. The number of rotatable bonds is 0. The summed E-state index contributed by atoms with van der Waals surface area (Å²) in [6.07, 6.45) is 0. The number of anilines is 1. The van der Waals surface area contributed by atoms with Gasteiger partial charge >= 0.3 is 0 Å². The standard InChI is InChI=1S/C10H9N3O3S/c1-12-8-5-3-2-4-7(8)9(14)13-6-17(15,16)11-10(12)13/h2-5H,6H2,1H3. The summed E-state index contributed by atoms with van der Waals surface area (Å²) in [6.45, 7) is 0. The van der Waals surface area contributed by atoms with Crippen LogP contribution in [0.4, 0.5) is 5.69 Å². The van der Waals surface area contributed by atoms with Crippen LogP contribution in [-0.4, -0.2) is 38.1 Å². The summed E-state index contributed by atoms with van der Waals surface area (Å²) in [4.78, 5) is 14.9. The highest BCUT2D eigenvalue weighted by Crippen LogP contribution is 2.30. The lowest BCUT2D eigenvalue weighted by molar-refractivity contribution is 0.0860. The largest absolute Gasteiger partial charge is 0.314 e. The van der Waals surface area contributed by atoms with E-state index < -0.39 is 10.0 Å². The monoisotopic (exact) mass is 251 g/mol. The van der Waals surface area contributed by atoms with Gasteiger partial charge < -0.3 is 4.90 Å². The first-order valence-corrected chi connectivity index (χ1v) is 6.58. The molecule has 0 atom stereocenters. The number of nitrogens with zero attached hydrogens (tertiary/aromatic N) is 3. The number of para-hydroxylation sites is 1. The maximum absolute atomic E-state index is 12.1. The van der Waals surface area contributed by atoms with Crippen LogP contribution < -0.4 is 4.90 Å². The zero-order valence-electron chi connectivity index (χ0n) is 8.99. The molecule has 88 valence electrons. The van der Waals surface area contributed by atoms with Crippen molar-refractivity contribution in [3.05, 3.63) is 29.8 Å². The van der Waals surface area contributed by atoms with Crippen molar-refractivity contribution >= 4 is 27.6 Å². The van der Waals surface area contributed by atoms with Crippen LogP contribution in [0.1, 0.15) is 10.4 Å². The summed E-state index contributed by atoms with van der Waals surface area (Å²) in [5.74, 6) is -0.521. The van der Waals surface area contributed by atoms with Gasteiger partial charge in [-0.05, 0) is 12.1 Å². The number of hydrogen-bond donors (Lipinski definition) is 0. The van der Waals surface area contributed by atoms with Crippen molar-refractivity contribution in [3.63, 3.8) is 0 Å². The van der Waals surface area contributed by atoms with Gasteiger partial charge in [0.2, 0.25) is 5.96 Å². The lowest BCUT2D eigenvalue weighted by Gasteiger charge is -2.32. The average molecular weight is 251 g/mol. The predicted molar refractivity (Wildman–Crippen MR) is 62.2 cm³/mol. The van der Waals surface area contributed by atoms with E-state index >= 15 is 0 Å². The molecule has 2 aliphatic heterocycles. The minimum Gasteiger partial charge on any atom is -0.314 e. The smallest absolute Gasteiger partial charge is 0.275 e. The Morgan fingerprint density at radius 1 is 1.29 bits per heavy atom. The van der Waals surface area contributed by atoms with Gasteiger partial charge in [-0.15, -0.1) is 4.40 Å². The molecule has 0 spiro atoms. The molecular formula is C10H9N3O3S. The van der Waals surface area contributed by atoms with Crippen LogP contribution in [0.3, 0.4) is 0 Å². The molecule has 0 unspecified atom stereocenters. The Bertz CT molecular complexity index is 651. The highest BCUT2D eigenvalue weighted by atomic mass is 32.2. The Morgan fingerprint density at radius 2 is 2.00 bits per heavy atom. The number of benzene rings is 1. The average Bonchev–Trinajstić information content (AvgIpc) is 2.63. The second-order valence-electron chi connectivity index (χ2n) is 3.91. The van der Waals surface area contributed by atoms with E-state index in [-0.39, 0.29) is 17.7 Å². The van der Waals surface area contributed by atoms with Gasteiger partial charge in [-0.25, -0.2) is 8.42 Å². The molecule has 2 aliphatic rings. The maximum Gasteiger partial charge on any atom is 0.275 e. The van der Waals surface area contributed by atoms with Crippen LogP contribution in [0.25, 0.3) is 0 Å². The summed E-state index contributed by atoms with van der Waals surface area (Å²) in [5.41, 5.74) is 1.16. The number of guanidine groups is 1. The van der Waals surface area contributed by atoms with Gasteiger partial charge in [-0.1, -0.05) is 12.1 Å². The SMILES string of the molecule is CN1C2=NS(=O)(=O)CN2C(=O)c2ccccc21. The lowest BCUT2D eigenvalue weighted by Crippen LogP contribution is -2.48. The number of carbonyl (C=O) groups is 1. The molecule has 17 heavy (non-hydrogen) atoms. The molecule has 0 fully saturated rings. The highest BCUT2D eigenvalue weighted by Gasteiger charge is 2.40. The third kappa shape index (κ3) is 1.35. The normalized spacial score (nSPS) is 21.0. The molecule has 0 saturated heterocycles. The Labute approximate surface area is 98.2 Å². The van der Waals surface area contributed by atoms with Gasteiger partial charge in [0.1, 0.15) is 0 Å². The topological polar surface area (TPSA) is 70.1 Å². The Hall–Kier alpha value is -1.89. The van der Waals surface area contributed by atoms with Gasteiger partial charge in [-0.2, -0.15) is 0 Å². The highest BCUT2D eigenvalue weighted by molar-refractivity contribution is 7.90. The molecule has 2 heterocycles. The third-order valence-electron chi connectivity index (χ3n) is 2.80. The van der Waals surface area contributed by atoms with E-state index in [1.165, 1.54) is 4.90 Å². The zero-order chi connectivity index (χ0) is 12.2. The van der Waals surface area contributed by atoms with Crippen molar-refractivity contribution in [3.8, 4) is 0 Å². The van der Waals surface area contributed by atoms with Gasteiger partial charge in [-0.3, -0.25) is 9.69 Å². The summed E-state index contributed by atoms with van der Waals surface area (Å²) in [7, 11) is -1.87. The summed E-state index contributed by atoms with van der Waals surface area (Å²) >= 11 is 0. The first kappa shape index (κ1) is 10.3. The fourth-order valence-corrected chi connectivity index (χ4v) is 3.10. The van der Waals surface area contributed by atoms with E-state index in [1.54, 1.807) is 36.2 Å². The van der Waals surface area contributed by atoms with Gasteiger partial charge in [0.15, 0.2) is 5.88 Å². The minimum absolute atomic E-state index is 0.175. The number of hydrogen-bond acceptors (Lipinski definition) is 4. The van der Waals surface area contributed by atoms with Crippen molar-refractivity contribution in [2.24, 2.45) is 4.40 Å². The van der Waals surface area contributed by atoms with E-state index in [2.05, 4.69) is 4.40 Å². The van der Waals surface area contributed by atoms with Gasteiger partial charge in [0.05, 0.1) is 11.3 Å². The van der Waals surface area contributed by atoms with E-state index in [9.17, 15) is 13.2 Å². The summed E-state index contributed by atoms with van der Waals surface area (Å²) in [6, 6.07) is 6.98. The molecule has 0 saturated carbocycles. The molecular weight excluding hydrogens is 242 g/mol. The molecule has 0 aromatic heterocycles. The van der Waals surface area contributed by atoms with Crippen molar-refractivity contribution in [1.29, 1.82) is 0 Å². The first-order valence-electron chi connectivity index (χ1n) is 4.97. The van der Waals surface area contributed by atoms with Crippen LogP contribution in [0, 0.1) is 0 Å². The minimum atomic E-state index is -3.56. The van der Waals surface area contributed by atoms with E-state index in [0.717, 1.165) is 0 Å². The van der Waals surface area contributed by atoms with Gasteiger partial charge in [0.25, 0.3) is 15.9 Å². The van der Waals surface area contributed by atoms with Crippen LogP contribution in [0.2, 0.25) is 0 Å². The third-order valence-corrected chi connectivity index (χ3v) is 3.82. The molecule has 1 amide bonds. The molecule has 1 aromatic rings. The predicted octanol–water partition coefficient (Wildman–Crippen LogP) is 0.235. The molecule has 3 rings (SSSR count). The molecule has 0 N–H and O–H groups in total. The number of fused-ring (bicyclic) bond motifs is 2. The molecule has 0 radical (unpaired) electrons. The number of carbonyl (C=O) groups excluding carboxylic acids is 1. The van der Waals surface area contributed by atoms with Crippen LogP contribution >= 0.6 is 0 Å². The summed E-state index contributed by atoms with van der Waals surface area (Å²) < 4.78 is 26.5. The second-order valence-corrected chi connectivity index (χ2v) is 5.52. The van der Waals surface area contributed by atoms with Crippen LogP contribution in [0.15, 0.2) is 28.7 Å². The molecule has 0 bridgehead atoms. The number of sulfonamides is 1. The fraction of sp³-hybridized carbons (Fsp3) is 0.200. The van der Waals surface area contributed by atoms with E-state index in [1.807, 2.05) is 0 Å². The van der Waals surface area contributed by atoms with Crippen LogP contribution in [0.5, 0.6) is 0 Å². The van der Waals surface area contributed by atoms with Crippen molar-refractivity contribution in [1.82, 2.24) is 4.90 Å². The van der Waals surface area contributed by atoms with Crippen molar-refractivity contribution in [2.45, 2.75) is 0 Å². The summed E-state index contributed by atoms with van der Waals surface area (Å²) in [5, 5.41) is 0. The lowest BCUT2D eigenvalue weighted by atomic mass is 10.1. The van der Waals surface area contributed by atoms with Crippen molar-refractivity contribution < 1.29 is 13.2 Å². The van der Waals surface area contributed by atoms with E-state index in [4.69, 9.17) is 0 Å². The molecule has 1 aromatic carbocycles. The fourth-order valence-electron chi connectivity index (χ4n) is 2.02. The second kappa shape index (κ2) is 3.07. The molecule has 0 aliphatic carbocycles. The first-order chi connectivity index (χ1) is 7.99. The number of amides is 1. The molecule has 7 heteroatoms.